The van der Waals surface area contributed by atoms with E-state index in [0.29, 0.717) is 12.5 Å². The summed E-state index contributed by atoms with van der Waals surface area (Å²) in [7, 11) is -2.39. The number of sulfonamides is 1. The molecule has 0 aliphatic heterocycles. The van der Waals surface area contributed by atoms with E-state index < -0.39 is 21.0 Å². The predicted octanol–water partition coefficient (Wildman–Crippen LogP) is 0.837. The minimum atomic E-state index is -3.85. The summed E-state index contributed by atoms with van der Waals surface area (Å²) in [5.74, 6) is -0.921. The Kier molecular flexibility index (Phi) is 3.64. The van der Waals surface area contributed by atoms with E-state index in [4.69, 9.17) is 5.11 Å². The molecule has 1 fully saturated rings. The van der Waals surface area contributed by atoms with Crippen LogP contribution in [0.2, 0.25) is 0 Å². The van der Waals surface area contributed by atoms with Crippen LogP contribution in [0, 0.1) is 12.8 Å². The lowest BCUT2D eigenvalue weighted by molar-refractivity contribution is 0.0691. The molecule has 0 bridgehead atoms. The molecule has 1 heterocycles. The lowest BCUT2D eigenvalue weighted by atomic mass is 9.86. The fourth-order valence-electron chi connectivity index (χ4n) is 2.13. The topological polar surface area (TPSA) is 103 Å². The third-order valence-electron chi connectivity index (χ3n) is 3.52. The molecule has 1 aliphatic carbocycles. The second-order valence-corrected chi connectivity index (χ2v) is 6.88. The molecule has 0 spiro atoms. The van der Waals surface area contributed by atoms with E-state index in [9.17, 15) is 13.2 Å². The van der Waals surface area contributed by atoms with Crippen molar-refractivity contribution in [3.63, 3.8) is 0 Å². The van der Waals surface area contributed by atoms with Crippen LogP contribution in [0.15, 0.2) is 5.03 Å². The molecule has 0 aromatic carbocycles. The fourth-order valence-corrected chi connectivity index (χ4v) is 3.49. The highest BCUT2D eigenvalue weighted by Gasteiger charge is 2.33. The van der Waals surface area contributed by atoms with Gasteiger partial charge in [-0.1, -0.05) is 6.42 Å². The van der Waals surface area contributed by atoms with Gasteiger partial charge in [-0.25, -0.2) is 13.2 Å². The van der Waals surface area contributed by atoms with E-state index in [1.54, 1.807) is 0 Å². The van der Waals surface area contributed by atoms with Gasteiger partial charge in [0, 0.05) is 19.3 Å². The van der Waals surface area contributed by atoms with Crippen molar-refractivity contribution in [2.75, 3.05) is 13.6 Å². The molecule has 1 aliphatic rings. The van der Waals surface area contributed by atoms with Gasteiger partial charge >= 0.3 is 5.97 Å². The van der Waals surface area contributed by atoms with Gasteiger partial charge in [0.2, 0.25) is 5.03 Å². The van der Waals surface area contributed by atoms with Crippen molar-refractivity contribution in [1.82, 2.24) is 14.5 Å². The van der Waals surface area contributed by atoms with Gasteiger partial charge in [0.15, 0.2) is 0 Å². The predicted molar refractivity (Wildman–Crippen MR) is 67.4 cm³/mol. The molecule has 19 heavy (non-hydrogen) atoms. The van der Waals surface area contributed by atoms with Gasteiger partial charge in [0.05, 0.1) is 0 Å². The quantitative estimate of drug-likeness (QED) is 0.835. The molecule has 106 valence electrons. The maximum absolute atomic E-state index is 12.3. The Morgan fingerprint density at radius 2 is 2.16 bits per heavy atom. The smallest absolute Gasteiger partial charge is 0.340 e. The largest absolute Gasteiger partial charge is 0.478 e. The number of aryl methyl sites for hydroxylation is 1. The summed E-state index contributed by atoms with van der Waals surface area (Å²) in [6.45, 7) is 1.90. The number of carbonyl (C=O) groups is 1. The highest BCUT2D eigenvalue weighted by atomic mass is 32.2. The zero-order chi connectivity index (χ0) is 14.2. The molecule has 0 radical (unpaired) electrons. The Bertz CT molecular complexity index is 589. The van der Waals surface area contributed by atoms with Crippen molar-refractivity contribution in [2.45, 2.75) is 31.2 Å². The maximum Gasteiger partial charge on any atom is 0.340 e. The maximum atomic E-state index is 12.3. The monoisotopic (exact) mass is 287 g/mol. The van der Waals surface area contributed by atoms with Crippen molar-refractivity contribution in [3.05, 3.63) is 11.3 Å². The first-order valence-corrected chi connectivity index (χ1v) is 7.52. The molecule has 0 amide bonds. The van der Waals surface area contributed by atoms with Crippen molar-refractivity contribution in [2.24, 2.45) is 5.92 Å². The average Bonchev–Trinajstić information content (AvgIpc) is 2.65. The molecule has 1 aromatic rings. The normalized spacial score (nSPS) is 16.6. The Morgan fingerprint density at radius 3 is 2.63 bits per heavy atom. The molecule has 7 nitrogen and oxygen atoms in total. The van der Waals surface area contributed by atoms with Gasteiger partial charge in [-0.3, -0.25) is 5.10 Å². The second kappa shape index (κ2) is 4.93. The molecule has 1 aromatic heterocycles. The zero-order valence-electron chi connectivity index (χ0n) is 10.9. The lowest BCUT2D eigenvalue weighted by Crippen LogP contribution is -2.35. The number of nitrogens with zero attached hydrogens (tertiary/aromatic N) is 2. The molecular weight excluding hydrogens is 270 g/mol. The van der Waals surface area contributed by atoms with Crippen LogP contribution >= 0.6 is 0 Å². The van der Waals surface area contributed by atoms with Crippen LogP contribution in [0.1, 0.15) is 35.3 Å². The Labute approximate surface area is 111 Å². The molecule has 8 heteroatoms. The molecule has 2 rings (SSSR count). The van der Waals surface area contributed by atoms with Crippen LogP contribution in [0.25, 0.3) is 0 Å². The standard InChI is InChI=1S/C11H17N3O4S/c1-7-9(11(15)16)10(13-12-7)19(17,18)14(2)6-8-4-3-5-8/h8H,3-6H2,1-2H3,(H,12,13)(H,15,16). The van der Waals surface area contributed by atoms with Crippen molar-refractivity contribution in [3.8, 4) is 0 Å². The van der Waals surface area contributed by atoms with Crippen LogP contribution in [0.3, 0.4) is 0 Å². The Balaban J connectivity index is 2.30. The van der Waals surface area contributed by atoms with Crippen molar-refractivity contribution >= 4 is 16.0 Å². The number of hydrogen-bond donors (Lipinski definition) is 2. The van der Waals surface area contributed by atoms with Crippen LogP contribution < -0.4 is 0 Å². The van der Waals surface area contributed by atoms with E-state index in [0.717, 1.165) is 19.3 Å². The number of carboxylic acids is 1. The van der Waals surface area contributed by atoms with E-state index >= 15 is 0 Å². The lowest BCUT2D eigenvalue weighted by Gasteiger charge is -2.29. The van der Waals surface area contributed by atoms with Gasteiger partial charge in [-0.05, 0) is 25.7 Å². The first kappa shape index (κ1) is 14.0. The highest BCUT2D eigenvalue weighted by Crippen LogP contribution is 2.29. The van der Waals surface area contributed by atoms with Crippen LogP contribution in [-0.4, -0.2) is 47.6 Å². The SMILES string of the molecule is Cc1[nH]nc(S(=O)(=O)N(C)CC2CCC2)c1C(=O)O. The molecule has 0 unspecified atom stereocenters. The van der Waals surface area contributed by atoms with E-state index in [2.05, 4.69) is 10.2 Å². The first-order chi connectivity index (χ1) is 8.84. The number of rotatable bonds is 5. The minimum absolute atomic E-state index is 0.239. The molecular formula is C11H17N3O4S. The molecule has 1 saturated carbocycles. The summed E-state index contributed by atoms with van der Waals surface area (Å²) in [5, 5.41) is 14.7. The number of H-pyrrole nitrogens is 1. The van der Waals surface area contributed by atoms with E-state index in [1.165, 1.54) is 18.3 Å². The molecule has 2 N–H and O–H groups in total. The summed E-state index contributed by atoms with van der Waals surface area (Å²) < 4.78 is 25.8. The summed E-state index contributed by atoms with van der Waals surface area (Å²) in [6, 6.07) is 0. The van der Waals surface area contributed by atoms with Gasteiger partial charge in [0.25, 0.3) is 10.0 Å². The summed E-state index contributed by atoms with van der Waals surface area (Å²) >= 11 is 0. The second-order valence-electron chi connectivity index (χ2n) is 4.92. The van der Waals surface area contributed by atoms with Gasteiger partial charge in [-0.2, -0.15) is 9.40 Å². The highest BCUT2D eigenvalue weighted by molar-refractivity contribution is 7.89. The number of aromatic nitrogens is 2. The number of carboxylic acid groups (broad SMARTS) is 1. The zero-order valence-corrected chi connectivity index (χ0v) is 11.7. The molecule has 0 saturated heterocycles. The number of aromatic carboxylic acids is 1. The van der Waals surface area contributed by atoms with E-state index in [-0.39, 0.29) is 11.3 Å². The van der Waals surface area contributed by atoms with Gasteiger partial charge < -0.3 is 5.11 Å². The van der Waals surface area contributed by atoms with Crippen molar-refractivity contribution in [1.29, 1.82) is 0 Å². The van der Waals surface area contributed by atoms with Crippen LogP contribution in [-0.2, 0) is 10.0 Å². The Morgan fingerprint density at radius 1 is 1.53 bits per heavy atom. The third-order valence-corrected chi connectivity index (χ3v) is 5.28. The van der Waals surface area contributed by atoms with E-state index in [1.807, 2.05) is 0 Å². The number of hydrogen-bond acceptors (Lipinski definition) is 4. The minimum Gasteiger partial charge on any atom is -0.478 e. The van der Waals surface area contributed by atoms with Crippen LogP contribution in [0.4, 0.5) is 0 Å². The molecule has 0 atom stereocenters. The first-order valence-electron chi connectivity index (χ1n) is 6.08. The third kappa shape index (κ3) is 2.50. The van der Waals surface area contributed by atoms with Crippen LogP contribution in [0.5, 0.6) is 0 Å². The van der Waals surface area contributed by atoms with Crippen molar-refractivity contribution < 1.29 is 18.3 Å². The summed E-state index contributed by atoms with van der Waals surface area (Å²) in [4.78, 5) is 11.1. The fraction of sp³-hybridized carbons (Fsp3) is 0.636. The summed E-state index contributed by atoms with van der Waals surface area (Å²) in [6.07, 6.45) is 3.16. The number of aromatic amines is 1. The number of nitrogens with one attached hydrogen (secondary N) is 1. The van der Waals surface area contributed by atoms with Gasteiger partial charge in [0.1, 0.15) is 5.56 Å². The summed E-state index contributed by atoms with van der Waals surface area (Å²) in [5.41, 5.74) is -0.0384. The Hall–Kier alpha value is -1.41. The van der Waals surface area contributed by atoms with Gasteiger partial charge in [-0.15, -0.1) is 0 Å². The average molecular weight is 287 g/mol.